The maximum absolute atomic E-state index is 12.3. The van der Waals surface area contributed by atoms with Gasteiger partial charge in [-0.15, -0.1) is 0 Å². The van der Waals surface area contributed by atoms with E-state index in [9.17, 15) is 9.59 Å². The first kappa shape index (κ1) is 13.3. The highest BCUT2D eigenvalue weighted by atomic mass is 16.5. The van der Waals surface area contributed by atoms with Gasteiger partial charge in [-0.1, -0.05) is 0 Å². The lowest BCUT2D eigenvalue weighted by Crippen LogP contribution is -2.42. The molecule has 2 N–H and O–H groups in total. The van der Waals surface area contributed by atoms with Crippen molar-refractivity contribution in [2.75, 3.05) is 25.0 Å². The van der Waals surface area contributed by atoms with Gasteiger partial charge in [-0.05, 0) is 19.9 Å². The second-order valence-electron chi connectivity index (χ2n) is 4.17. The largest absolute Gasteiger partial charge is 0.478 e. The number of ketones is 1. The van der Waals surface area contributed by atoms with Gasteiger partial charge in [0.25, 0.3) is 0 Å². The van der Waals surface area contributed by atoms with Gasteiger partial charge in [-0.2, -0.15) is 0 Å². The Bertz CT molecular complexity index is 502. The van der Waals surface area contributed by atoms with Crippen molar-refractivity contribution >= 4 is 17.4 Å². The molecule has 0 fully saturated rings. The Morgan fingerprint density at radius 2 is 2.32 bits per heavy atom. The Kier molecular flexibility index (Phi) is 3.99. The lowest BCUT2D eigenvalue weighted by Gasteiger charge is -2.23. The van der Waals surface area contributed by atoms with Crippen molar-refractivity contribution < 1.29 is 14.3 Å². The Labute approximate surface area is 111 Å². The molecule has 102 valence electrons. The SMILES string of the molecule is CCNC(=O)C1CNc2ccc(OCC)nc2C1=O. The highest BCUT2D eigenvalue weighted by Crippen LogP contribution is 2.25. The molecule has 2 heterocycles. The summed E-state index contributed by atoms with van der Waals surface area (Å²) >= 11 is 0. The van der Waals surface area contributed by atoms with Gasteiger partial charge in [-0.3, -0.25) is 9.59 Å². The predicted octanol–water partition coefficient (Wildman–Crippen LogP) is 0.841. The molecule has 1 atom stereocenters. The number of fused-ring (bicyclic) bond motifs is 1. The number of pyridine rings is 1. The number of nitrogens with one attached hydrogen (secondary N) is 2. The average Bonchev–Trinajstić information content (AvgIpc) is 2.40. The van der Waals surface area contributed by atoms with E-state index in [0.29, 0.717) is 31.3 Å². The average molecular weight is 263 g/mol. The number of amides is 1. The van der Waals surface area contributed by atoms with Crippen LogP contribution < -0.4 is 15.4 Å². The third kappa shape index (κ3) is 2.67. The molecular weight excluding hydrogens is 246 g/mol. The summed E-state index contributed by atoms with van der Waals surface area (Å²) in [5, 5.41) is 5.71. The number of aromatic nitrogens is 1. The first-order valence-electron chi connectivity index (χ1n) is 6.37. The topological polar surface area (TPSA) is 80.3 Å². The van der Waals surface area contributed by atoms with Crippen LogP contribution in [0.15, 0.2) is 12.1 Å². The lowest BCUT2D eigenvalue weighted by atomic mass is 9.95. The number of anilines is 1. The zero-order valence-electron chi connectivity index (χ0n) is 11.0. The van der Waals surface area contributed by atoms with Crippen molar-refractivity contribution in [3.8, 4) is 5.88 Å². The van der Waals surface area contributed by atoms with Crippen LogP contribution in [0.3, 0.4) is 0 Å². The number of rotatable bonds is 4. The van der Waals surface area contributed by atoms with Crippen LogP contribution in [-0.2, 0) is 4.79 Å². The number of carbonyl (C=O) groups is 2. The molecule has 2 rings (SSSR count). The maximum Gasteiger partial charge on any atom is 0.232 e. The molecule has 1 aliphatic rings. The van der Waals surface area contributed by atoms with Gasteiger partial charge in [-0.25, -0.2) is 4.98 Å². The van der Waals surface area contributed by atoms with E-state index in [0.717, 1.165) is 0 Å². The fourth-order valence-corrected chi connectivity index (χ4v) is 1.98. The second kappa shape index (κ2) is 5.69. The Morgan fingerprint density at radius 1 is 1.53 bits per heavy atom. The van der Waals surface area contributed by atoms with Crippen molar-refractivity contribution in [2.24, 2.45) is 5.92 Å². The Hall–Kier alpha value is -2.11. The second-order valence-corrected chi connectivity index (χ2v) is 4.17. The summed E-state index contributed by atoms with van der Waals surface area (Å²) in [6.45, 7) is 4.94. The van der Waals surface area contributed by atoms with Crippen molar-refractivity contribution in [3.05, 3.63) is 17.8 Å². The van der Waals surface area contributed by atoms with Crippen LogP contribution in [0.4, 0.5) is 5.69 Å². The molecule has 0 saturated heterocycles. The van der Waals surface area contributed by atoms with Crippen LogP contribution >= 0.6 is 0 Å². The molecule has 1 aromatic rings. The molecule has 1 unspecified atom stereocenters. The van der Waals surface area contributed by atoms with E-state index in [1.54, 1.807) is 12.1 Å². The minimum absolute atomic E-state index is 0.263. The van der Waals surface area contributed by atoms with Crippen LogP contribution in [0.2, 0.25) is 0 Å². The third-order valence-electron chi connectivity index (χ3n) is 2.88. The maximum atomic E-state index is 12.3. The van der Waals surface area contributed by atoms with Gasteiger partial charge in [0.05, 0.1) is 12.3 Å². The molecular formula is C13H17N3O3. The van der Waals surface area contributed by atoms with Crippen LogP contribution in [0.25, 0.3) is 0 Å². The minimum Gasteiger partial charge on any atom is -0.478 e. The van der Waals surface area contributed by atoms with Crippen molar-refractivity contribution in [3.63, 3.8) is 0 Å². The van der Waals surface area contributed by atoms with E-state index in [1.165, 1.54) is 0 Å². The molecule has 6 nitrogen and oxygen atoms in total. The van der Waals surface area contributed by atoms with Crippen molar-refractivity contribution in [2.45, 2.75) is 13.8 Å². The summed E-state index contributed by atoms with van der Waals surface area (Å²) < 4.78 is 5.27. The summed E-state index contributed by atoms with van der Waals surface area (Å²) in [5.74, 6) is -0.861. The number of hydrogen-bond acceptors (Lipinski definition) is 5. The molecule has 6 heteroatoms. The first-order chi connectivity index (χ1) is 9.17. The molecule has 0 aromatic carbocycles. The van der Waals surface area contributed by atoms with Crippen LogP contribution in [0.5, 0.6) is 5.88 Å². The summed E-state index contributed by atoms with van der Waals surface area (Å²) in [6.07, 6.45) is 0. The lowest BCUT2D eigenvalue weighted by molar-refractivity contribution is -0.123. The Morgan fingerprint density at radius 3 is 3.00 bits per heavy atom. The molecule has 0 radical (unpaired) electrons. The van der Waals surface area contributed by atoms with Crippen LogP contribution in [-0.4, -0.2) is 36.4 Å². The fraction of sp³-hybridized carbons (Fsp3) is 0.462. The number of ether oxygens (including phenoxy) is 1. The highest BCUT2D eigenvalue weighted by molar-refractivity contribution is 6.13. The number of Topliss-reactive ketones (excluding diaryl/α,β-unsaturated/α-hetero) is 1. The van der Waals surface area contributed by atoms with Gasteiger partial charge in [0.2, 0.25) is 11.8 Å². The van der Waals surface area contributed by atoms with Gasteiger partial charge in [0.15, 0.2) is 5.78 Å². The van der Waals surface area contributed by atoms with E-state index in [1.807, 2.05) is 13.8 Å². The Balaban J connectivity index is 2.26. The van der Waals surface area contributed by atoms with E-state index in [-0.39, 0.29) is 17.4 Å². The van der Waals surface area contributed by atoms with E-state index < -0.39 is 5.92 Å². The number of hydrogen-bond donors (Lipinski definition) is 2. The molecule has 0 saturated carbocycles. The zero-order valence-corrected chi connectivity index (χ0v) is 11.0. The molecule has 0 bridgehead atoms. The highest BCUT2D eigenvalue weighted by Gasteiger charge is 2.33. The van der Waals surface area contributed by atoms with E-state index >= 15 is 0 Å². The summed E-state index contributed by atoms with van der Waals surface area (Å²) in [4.78, 5) is 28.2. The molecule has 1 aliphatic heterocycles. The summed E-state index contributed by atoms with van der Waals surface area (Å²) in [6, 6.07) is 3.45. The van der Waals surface area contributed by atoms with Gasteiger partial charge >= 0.3 is 0 Å². The smallest absolute Gasteiger partial charge is 0.232 e. The molecule has 1 amide bonds. The van der Waals surface area contributed by atoms with E-state index in [2.05, 4.69) is 15.6 Å². The molecule has 19 heavy (non-hydrogen) atoms. The molecule has 0 spiro atoms. The summed E-state index contributed by atoms with van der Waals surface area (Å²) in [5.41, 5.74) is 0.919. The van der Waals surface area contributed by atoms with Crippen molar-refractivity contribution in [1.82, 2.24) is 10.3 Å². The van der Waals surface area contributed by atoms with Crippen LogP contribution in [0, 0.1) is 5.92 Å². The monoisotopic (exact) mass is 263 g/mol. The van der Waals surface area contributed by atoms with Gasteiger partial charge in [0, 0.05) is 19.2 Å². The normalized spacial score (nSPS) is 17.4. The summed E-state index contributed by atoms with van der Waals surface area (Å²) in [7, 11) is 0. The molecule has 0 aliphatic carbocycles. The number of nitrogens with zero attached hydrogens (tertiary/aromatic N) is 1. The molecule has 1 aromatic heterocycles. The van der Waals surface area contributed by atoms with Crippen molar-refractivity contribution in [1.29, 1.82) is 0 Å². The standard InChI is InChI=1S/C13H17N3O3/c1-3-14-13(18)8-7-15-9-5-6-10(19-4-2)16-11(9)12(8)17/h5-6,8,15H,3-4,7H2,1-2H3,(H,14,18). The van der Waals surface area contributed by atoms with Gasteiger partial charge in [0.1, 0.15) is 11.6 Å². The first-order valence-corrected chi connectivity index (χ1v) is 6.37. The van der Waals surface area contributed by atoms with Crippen LogP contribution in [0.1, 0.15) is 24.3 Å². The third-order valence-corrected chi connectivity index (χ3v) is 2.88. The van der Waals surface area contributed by atoms with Gasteiger partial charge < -0.3 is 15.4 Å². The zero-order chi connectivity index (χ0) is 13.8. The quantitative estimate of drug-likeness (QED) is 0.787. The van der Waals surface area contributed by atoms with E-state index in [4.69, 9.17) is 4.74 Å². The minimum atomic E-state index is -0.725. The fourth-order valence-electron chi connectivity index (χ4n) is 1.98. The number of carbonyl (C=O) groups excluding carboxylic acids is 2. The predicted molar refractivity (Wildman–Crippen MR) is 70.4 cm³/mol.